The molecule has 2 rings (SSSR count). The Morgan fingerprint density at radius 2 is 2.00 bits per heavy atom. The highest BCUT2D eigenvalue weighted by molar-refractivity contribution is 9.10. The molecule has 0 saturated heterocycles. The van der Waals surface area contributed by atoms with Crippen LogP contribution in [0, 0.1) is 0 Å². The van der Waals surface area contributed by atoms with E-state index >= 15 is 0 Å². The molecule has 0 bridgehead atoms. The molecule has 0 spiro atoms. The molecule has 0 fully saturated rings. The molecule has 5 heteroatoms. The van der Waals surface area contributed by atoms with E-state index in [1.54, 1.807) is 7.11 Å². The number of hydrogen-bond donors (Lipinski definition) is 1. The Bertz CT molecular complexity index is 660. The second kappa shape index (κ2) is 6.91. The lowest BCUT2D eigenvalue weighted by molar-refractivity contribution is 0.409. The molecule has 0 aliphatic rings. The largest absolute Gasteiger partial charge is 0.496 e. The lowest BCUT2D eigenvalue weighted by Gasteiger charge is -2.23. The van der Waals surface area contributed by atoms with Gasteiger partial charge in [0.25, 0.3) is 0 Å². The van der Waals surface area contributed by atoms with E-state index in [9.17, 15) is 0 Å². The molecule has 0 heterocycles. The summed E-state index contributed by atoms with van der Waals surface area (Å²) < 4.78 is 6.44. The fourth-order valence-corrected chi connectivity index (χ4v) is 2.81. The van der Waals surface area contributed by atoms with Crippen LogP contribution < -0.4 is 15.4 Å². The van der Waals surface area contributed by atoms with Gasteiger partial charge in [-0.05, 0) is 30.3 Å². The molecule has 0 aromatic heterocycles. The van der Waals surface area contributed by atoms with Gasteiger partial charge in [-0.25, -0.2) is 0 Å². The van der Waals surface area contributed by atoms with E-state index in [4.69, 9.17) is 22.7 Å². The van der Waals surface area contributed by atoms with Gasteiger partial charge in [-0.3, -0.25) is 0 Å². The fourth-order valence-electron chi connectivity index (χ4n) is 2.23. The van der Waals surface area contributed by atoms with Crippen LogP contribution in [0.15, 0.2) is 46.9 Å². The van der Waals surface area contributed by atoms with Gasteiger partial charge >= 0.3 is 0 Å². The summed E-state index contributed by atoms with van der Waals surface area (Å²) in [7, 11) is 3.69. The van der Waals surface area contributed by atoms with Crippen LogP contribution in [0.2, 0.25) is 0 Å². The van der Waals surface area contributed by atoms with Crippen LogP contribution in [-0.2, 0) is 6.54 Å². The molecule has 0 saturated carbocycles. The first kappa shape index (κ1) is 15.8. The third kappa shape index (κ3) is 3.74. The van der Waals surface area contributed by atoms with Crippen LogP contribution in [0.3, 0.4) is 0 Å². The number of benzene rings is 2. The zero-order valence-electron chi connectivity index (χ0n) is 12.0. The maximum atomic E-state index is 5.80. The standard InChI is InChI=1S/C16H17BrN2OS/c1-19(14-6-4-3-5-13(14)16(18)21)10-11-9-12(17)7-8-15(11)20-2/h3-9H,10H2,1-2H3,(H2,18,21). The molecule has 0 amide bonds. The Balaban J connectivity index is 2.32. The van der Waals surface area contributed by atoms with E-state index in [1.807, 2.05) is 43.4 Å². The molecule has 2 aromatic carbocycles. The summed E-state index contributed by atoms with van der Waals surface area (Å²) in [6, 6.07) is 13.8. The molecule has 0 atom stereocenters. The van der Waals surface area contributed by atoms with E-state index in [2.05, 4.69) is 26.9 Å². The van der Waals surface area contributed by atoms with Crippen molar-refractivity contribution in [1.29, 1.82) is 0 Å². The molecule has 2 N–H and O–H groups in total. The van der Waals surface area contributed by atoms with E-state index in [1.165, 1.54) is 0 Å². The molecular formula is C16H17BrN2OS. The van der Waals surface area contributed by atoms with Crippen molar-refractivity contribution in [2.24, 2.45) is 5.73 Å². The number of ether oxygens (including phenoxy) is 1. The van der Waals surface area contributed by atoms with Crippen molar-refractivity contribution in [3.05, 3.63) is 58.1 Å². The van der Waals surface area contributed by atoms with Gasteiger partial charge in [0.05, 0.1) is 7.11 Å². The highest BCUT2D eigenvalue weighted by atomic mass is 79.9. The molecule has 2 aromatic rings. The minimum atomic E-state index is 0.402. The van der Waals surface area contributed by atoms with Crippen molar-refractivity contribution in [3.63, 3.8) is 0 Å². The predicted molar refractivity (Wildman–Crippen MR) is 95.1 cm³/mol. The molecular weight excluding hydrogens is 348 g/mol. The Hall–Kier alpha value is -1.59. The first-order valence-electron chi connectivity index (χ1n) is 6.45. The highest BCUT2D eigenvalue weighted by Crippen LogP contribution is 2.27. The summed E-state index contributed by atoms with van der Waals surface area (Å²) >= 11 is 8.62. The first-order valence-corrected chi connectivity index (χ1v) is 7.65. The third-order valence-corrected chi connectivity index (χ3v) is 3.94. The quantitative estimate of drug-likeness (QED) is 0.820. The van der Waals surface area contributed by atoms with Crippen LogP contribution in [0.4, 0.5) is 5.69 Å². The zero-order chi connectivity index (χ0) is 15.4. The van der Waals surface area contributed by atoms with Gasteiger partial charge in [0, 0.05) is 34.9 Å². The number of nitrogens with two attached hydrogens (primary N) is 1. The molecule has 0 aliphatic carbocycles. The van der Waals surface area contributed by atoms with Gasteiger partial charge in [-0.2, -0.15) is 0 Å². The van der Waals surface area contributed by atoms with Crippen molar-refractivity contribution in [3.8, 4) is 5.75 Å². The number of anilines is 1. The van der Waals surface area contributed by atoms with Gasteiger partial charge in [0.1, 0.15) is 10.7 Å². The minimum absolute atomic E-state index is 0.402. The number of hydrogen-bond acceptors (Lipinski definition) is 3. The van der Waals surface area contributed by atoms with E-state index < -0.39 is 0 Å². The van der Waals surface area contributed by atoms with Crippen molar-refractivity contribution in [2.75, 3.05) is 19.1 Å². The maximum Gasteiger partial charge on any atom is 0.123 e. The average Bonchev–Trinajstić information content (AvgIpc) is 2.47. The van der Waals surface area contributed by atoms with Crippen molar-refractivity contribution in [1.82, 2.24) is 0 Å². The van der Waals surface area contributed by atoms with Crippen LogP contribution in [0.25, 0.3) is 0 Å². The second-order valence-corrected chi connectivity index (χ2v) is 6.05. The number of para-hydroxylation sites is 1. The number of nitrogens with zero attached hydrogens (tertiary/aromatic N) is 1. The van der Waals surface area contributed by atoms with E-state index in [0.717, 1.165) is 27.0 Å². The van der Waals surface area contributed by atoms with Crippen LogP contribution in [0.5, 0.6) is 5.75 Å². The zero-order valence-corrected chi connectivity index (χ0v) is 14.4. The smallest absolute Gasteiger partial charge is 0.123 e. The lowest BCUT2D eigenvalue weighted by atomic mass is 10.1. The Morgan fingerprint density at radius 3 is 2.67 bits per heavy atom. The monoisotopic (exact) mass is 364 g/mol. The Kier molecular flexibility index (Phi) is 5.20. The Labute approximate surface area is 138 Å². The summed E-state index contributed by atoms with van der Waals surface area (Å²) in [5, 5.41) is 0. The number of thiocarbonyl (C=S) groups is 1. The summed E-state index contributed by atoms with van der Waals surface area (Å²) in [5.74, 6) is 0.859. The van der Waals surface area contributed by atoms with E-state index in [-0.39, 0.29) is 0 Å². The number of methoxy groups -OCH3 is 1. The molecule has 3 nitrogen and oxygen atoms in total. The van der Waals surface area contributed by atoms with Crippen LogP contribution in [-0.4, -0.2) is 19.1 Å². The maximum absolute atomic E-state index is 5.80. The Morgan fingerprint density at radius 1 is 1.29 bits per heavy atom. The second-order valence-electron chi connectivity index (χ2n) is 4.69. The summed E-state index contributed by atoms with van der Waals surface area (Å²) in [5.41, 5.74) is 8.77. The third-order valence-electron chi connectivity index (χ3n) is 3.23. The highest BCUT2D eigenvalue weighted by Gasteiger charge is 2.12. The van der Waals surface area contributed by atoms with Gasteiger partial charge in [0.15, 0.2) is 0 Å². The average molecular weight is 365 g/mol. The van der Waals surface area contributed by atoms with Crippen molar-refractivity contribution < 1.29 is 4.74 Å². The predicted octanol–water partition coefficient (Wildman–Crippen LogP) is 3.73. The van der Waals surface area contributed by atoms with Crippen molar-refractivity contribution in [2.45, 2.75) is 6.54 Å². The fraction of sp³-hybridized carbons (Fsp3) is 0.188. The summed E-state index contributed by atoms with van der Waals surface area (Å²) in [6.45, 7) is 0.697. The topological polar surface area (TPSA) is 38.5 Å². The summed E-state index contributed by atoms with van der Waals surface area (Å²) in [4.78, 5) is 2.51. The van der Waals surface area contributed by atoms with Gasteiger partial charge in [-0.15, -0.1) is 0 Å². The van der Waals surface area contributed by atoms with Crippen LogP contribution in [0.1, 0.15) is 11.1 Å². The molecule has 21 heavy (non-hydrogen) atoms. The summed E-state index contributed by atoms with van der Waals surface area (Å²) in [6.07, 6.45) is 0. The molecule has 110 valence electrons. The SMILES string of the molecule is COc1ccc(Br)cc1CN(C)c1ccccc1C(N)=S. The van der Waals surface area contributed by atoms with Gasteiger partial charge in [-0.1, -0.05) is 40.3 Å². The van der Waals surface area contributed by atoms with E-state index in [0.29, 0.717) is 11.5 Å². The van der Waals surface area contributed by atoms with Crippen molar-refractivity contribution >= 4 is 38.8 Å². The first-order chi connectivity index (χ1) is 10.0. The van der Waals surface area contributed by atoms with Gasteiger partial charge in [0.2, 0.25) is 0 Å². The molecule has 0 radical (unpaired) electrons. The number of halogens is 1. The molecule has 0 unspecified atom stereocenters. The molecule has 0 aliphatic heterocycles. The number of rotatable bonds is 5. The van der Waals surface area contributed by atoms with Gasteiger partial charge < -0.3 is 15.4 Å². The minimum Gasteiger partial charge on any atom is -0.496 e. The lowest BCUT2D eigenvalue weighted by Crippen LogP contribution is -2.21. The van der Waals surface area contributed by atoms with Crippen LogP contribution >= 0.6 is 28.1 Å². The normalized spacial score (nSPS) is 10.2.